The average Bonchev–Trinajstić information content (AvgIpc) is 2.51. The third-order valence-electron chi connectivity index (χ3n) is 2.30. The van der Waals surface area contributed by atoms with Crippen LogP contribution in [0.5, 0.6) is 0 Å². The first-order chi connectivity index (χ1) is 10.4. The molecule has 0 bridgehead atoms. The Hall–Kier alpha value is 0.734. The summed E-state index contributed by atoms with van der Waals surface area (Å²) in [5, 5.41) is 0. The number of hydrogen-bond donors (Lipinski definition) is 0. The van der Waals surface area contributed by atoms with Gasteiger partial charge in [-0.25, -0.2) is 0 Å². The fourth-order valence-electron chi connectivity index (χ4n) is 1.42. The Balaban J connectivity index is 0. The van der Waals surface area contributed by atoms with Gasteiger partial charge in [-0.3, -0.25) is 0 Å². The van der Waals surface area contributed by atoms with Crippen LogP contribution in [0.2, 0.25) is 0 Å². The Morgan fingerprint density at radius 3 is 1.05 bits per heavy atom. The first-order valence-corrected chi connectivity index (χ1v) is 11.1. The van der Waals surface area contributed by atoms with E-state index in [-0.39, 0.29) is 0 Å². The van der Waals surface area contributed by atoms with Crippen LogP contribution in [0.1, 0.15) is 20.8 Å². The minimum Gasteiger partial charge on any atom is -0.372 e. The van der Waals surface area contributed by atoms with Crippen LogP contribution in [0.25, 0.3) is 0 Å². The fraction of sp³-hybridized carbons (Fsp3) is 1.00. The quantitative estimate of drug-likeness (QED) is 0.390. The van der Waals surface area contributed by atoms with E-state index in [1.807, 2.05) is 20.8 Å². The van der Waals surface area contributed by atoms with Crippen molar-refractivity contribution >= 4 is 41.1 Å². The van der Waals surface area contributed by atoms with Crippen molar-refractivity contribution in [2.75, 3.05) is 48.3 Å². The van der Waals surface area contributed by atoms with Crippen molar-refractivity contribution < 1.29 is 31.0 Å². The van der Waals surface area contributed by atoms with Crippen molar-refractivity contribution in [3.05, 3.63) is 0 Å². The summed E-state index contributed by atoms with van der Waals surface area (Å²) in [5.74, 6) is 0. The maximum atomic E-state index is 5.79. The molecule has 0 aromatic carbocycles. The van der Waals surface area contributed by atoms with Crippen molar-refractivity contribution in [3.63, 3.8) is 0 Å². The second kappa shape index (κ2) is 14.1. The molecule has 0 saturated heterocycles. The molecule has 0 unspecified atom stereocenters. The predicted molar refractivity (Wildman–Crippen MR) is 89.9 cm³/mol. The van der Waals surface area contributed by atoms with Gasteiger partial charge in [0, 0.05) is 48.3 Å². The molecule has 0 atom stereocenters. The molecule has 0 amide bonds. The van der Waals surface area contributed by atoms with Crippen LogP contribution in [0, 0.1) is 0 Å². The van der Waals surface area contributed by atoms with Crippen molar-refractivity contribution in [3.8, 4) is 0 Å². The standard InChI is InChI=1S/C7H16Cl2O3Si.C4H12O4Si/c1-4-10-13(7(8)9,11-5-2)12-6-3;1-5-9(6-2,7-3)8-4/h7H,4-6H2,1-3H3;1-4H3. The second-order valence-corrected chi connectivity index (χ2v) is 10.6. The zero-order valence-electron chi connectivity index (χ0n) is 14.3. The molecule has 0 aromatic rings. The third-order valence-corrected chi connectivity index (χ3v) is 8.52. The summed E-state index contributed by atoms with van der Waals surface area (Å²) in [6.45, 7) is 7.04. The van der Waals surface area contributed by atoms with Gasteiger partial charge in [0.15, 0.2) is 4.46 Å². The number of halogens is 2. The summed E-state index contributed by atoms with van der Waals surface area (Å²) in [7, 11) is 0.422. The molecule has 0 N–H and O–H groups in total. The highest BCUT2D eigenvalue weighted by molar-refractivity contribution is 6.81. The molecule has 0 fully saturated rings. The summed E-state index contributed by atoms with van der Waals surface area (Å²) < 4.78 is 34.9. The molecule has 0 spiro atoms. The molecule has 22 heavy (non-hydrogen) atoms. The summed E-state index contributed by atoms with van der Waals surface area (Å²) in [4.78, 5) is 0. The summed E-state index contributed by atoms with van der Waals surface area (Å²) in [6.07, 6.45) is 0. The van der Waals surface area contributed by atoms with Crippen LogP contribution in [0.4, 0.5) is 0 Å². The van der Waals surface area contributed by atoms with Gasteiger partial charge in [-0.1, -0.05) is 0 Å². The van der Waals surface area contributed by atoms with Gasteiger partial charge in [-0.05, 0) is 20.8 Å². The van der Waals surface area contributed by atoms with E-state index in [0.717, 1.165) is 0 Å². The van der Waals surface area contributed by atoms with Crippen LogP contribution in [0.3, 0.4) is 0 Å². The topological polar surface area (TPSA) is 64.6 Å². The van der Waals surface area contributed by atoms with Gasteiger partial charge in [0.2, 0.25) is 0 Å². The highest BCUT2D eigenvalue weighted by Gasteiger charge is 2.48. The van der Waals surface area contributed by atoms with Crippen LogP contribution in [-0.2, 0) is 31.0 Å². The smallest absolute Gasteiger partial charge is 0.372 e. The lowest BCUT2D eigenvalue weighted by Crippen LogP contribution is -2.52. The Bertz CT molecular complexity index is 224. The molecule has 11 heteroatoms. The molecule has 0 saturated carbocycles. The van der Waals surface area contributed by atoms with Gasteiger partial charge in [0.05, 0.1) is 0 Å². The van der Waals surface area contributed by atoms with E-state index < -0.39 is 22.3 Å². The van der Waals surface area contributed by atoms with Gasteiger partial charge in [0.1, 0.15) is 0 Å². The Kier molecular flexibility index (Phi) is 16.0. The molecule has 0 aliphatic rings. The van der Waals surface area contributed by atoms with Crippen LogP contribution >= 0.6 is 23.2 Å². The molecule has 0 aliphatic heterocycles. The molecule has 0 radical (unpaired) electrons. The SMILES string of the molecule is CCO[Si](OCC)(OCC)C(Cl)Cl.CO[Si](OC)(OC)OC. The molecule has 0 heterocycles. The highest BCUT2D eigenvalue weighted by atomic mass is 35.5. The maximum absolute atomic E-state index is 5.79. The van der Waals surface area contributed by atoms with Crippen molar-refractivity contribution in [1.82, 2.24) is 0 Å². The van der Waals surface area contributed by atoms with Crippen molar-refractivity contribution in [2.24, 2.45) is 0 Å². The van der Waals surface area contributed by atoms with E-state index in [1.165, 1.54) is 28.4 Å². The number of alkyl halides is 2. The second-order valence-electron chi connectivity index (χ2n) is 3.52. The number of hydrogen-bond acceptors (Lipinski definition) is 7. The monoisotopic (exact) mass is 398 g/mol. The third kappa shape index (κ3) is 8.55. The Labute approximate surface area is 145 Å². The van der Waals surface area contributed by atoms with Gasteiger partial charge in [-0.2, -0.15) is 0 Å². The normalized spacial score (nSPS) is 12.3. The van der Waals surface area contributed by atoms with E-state index in [9.17, 15) is 0 Å². The lowest BCUT2D eigenvalue weighted by atomic mass is 10.9. The molecule has 0 aromatic heterocycles. The fourth-order valence-corrected chi connectivity index (χ4v) is 5.39. The predicted octanol–water partition coefficient (Wildman–Crippen LogP) is 2.39. The van der Waals surface area contributed by atoms with Crippen LogP contribution < -0.4 is 0 Å². The lowest BCUT2D eigenvalue weighted by Gasteiger charge is -2.28. The highest BCUT2D eigenvalue weighted by Crippen LogP contribution is 2.22. The summed E-state index contributed by atoms with van der Waals surface area (Å²) in [5.41, 5.74) is 0. The minimum atomic E-state index is -2.84. The van der Waals surface area contributed by atoms with E-state index in [2.05, 4.69) is 0 Å². The zero-order chi connectivity index (χ0) is 17.6. The van der Waals surface area contributed by atoms with E-state index in [0.29, 0.717) is 19.8 Å². The van der Waals surface area contributed by atoms with Crippen LogP contribution in [0.15, 0.2) is 0 Å². The number of rotatable bonds is 11. The molecule has 0 aliphatic carbocycles. The largest absolute Gasteiger partial charge is 0.678 e. The summed E-state index contributed by atoms with van der Waals surface area (Å²) in [6, 6.07) is 0. The average molecular weight is 399 g/mol. The molecule has 136 valence electrons. The van der Waals surface area contributed by atoms with Gasteiger partial charge < -0.3 is 31.0 Å². The van der Waals surface area contributed by atoms with Crippen molar-refractivity contribution in [1.29, 1.82) is 0 Å². The van der Waals surface area contributed by atoms with E-state index in [4.69, 9.17) is 54.2 Å². The van der Waals surface area contributed by atoms with Gasteiger partial charge in [0.25, 0.3) is 0 Å². The molecular formula is C11H28Cl2O7Si2. The minimum absolute atomic E-state index is 0.488. The van der Waals surface area contributed by atoms with Crippen LogP contribution in [-0.4, -0.2) is 70.6 Å². The zero-order valence-corrected chi connectivity index (χ0v) is 17.8. The van der Waals surface area contributed by atoms with E-state index in [1.54, 1.807) is 0 Å². The first-order valence-electron chi connectivity index (χ1n) is 6.77. The van der Waals surface area contributed by atoms with Gasteiger partial charge >= 0.3 is 17.9 Å². The summed E-state index contributed by atoms with van der Waals surface area (Å²) >= 11 is 11.6. The molecule has 7 nitrogen and oxygen atoms in total. The maximum Gasteiger partial charge on any atom is 0.678 e. The Morgan fingerprint density at radius 2 is 0.955 bits per heavy atom. The van der Waals surface area contributed by atoms with Crippen molar-refractivity contribution in [2.45, 2.75) is 25.2 Å². The van der Waals surface area contributed by atoms with Gasteiger partial charge in [-0.15, -0.1) is 23.2 Å². The lowest BCUT2D eigenvalue weighted by molar-refractivity contribution is 0.0226. The first kappa shape index (κ1) is 25.0. The molecular weight excluding hydrogens is 371 g/mol. The molecule has 0 rings (SSSR count). The van der Waals surface area contributed by atoms with E-state index >= 15 is 0 Å². The Morgan fingerprint density at radius 1 is 0.682 bits per heavy atom.